The Balaban J connectivity index is 0.000000556. The Morgan fingerprint density at radius 1 is 0.598 bits per heavy atom. The Bertz CT molecular complexity index is 4720. The average molecular weight is 1550 g/mol. The van der Waals surface area contributed by atoms with Crippen LogP contribution >= 0.6 is 0 Å². The predicted molar refractivity (Wildman–Crippen MR) is 410 cm³/mol. The molecular formula is C80H101N13O19. The van der Waals surface area contributed by atoms with E-state index < -0.39 is 202 Å². The van der Waals surface area contributed by atoms with Crippen LogP contribution in [0.15, 0.2) is 69.9 Å². The van der Waals surface area contributed by atoms with Gasteiger partial charge in [0.1, 0.15) is 47.6 Å². The first kappa shape index (κ1) is 84.5. The maximum Gasteiger partial charge on any atom is 0.413 e. The third-order valence-corrected chi connectivity index (χ3v) is 21.5. The fourth-order valence-corrected chi connectivity index (χ4v) is 15.3. The quantitative estimate of drug-likeness (QED) is 0.0269. The SMILES string of the molecule is COC(=O)Nc1nc2ccc(C(=O)c3ccccc3)cc2[nH]1.Cc1c2oc3c(C)ccc(C(=O)NC4C(=O)NC(C(C)C)C(=O)C5CCCC5C(=O)N(C)CC(=O)N(C)C(C(C)C)C(=O)OC4C)c3nc-2c(C(=O)NC2C(=O)NC(C(C)C)C(=O)C3CCCC3C(=O)N(C)CC(=O)N(C)C(C(C)C)C(=O)OC2C)c(N)c1=O. The number of nitrogens with zero attached hydrogens (tertiary/aromatic N) is 6. The molecule has 0 spiro atoms. The number of methoxy groups -OCH3 is 1. The molecule has 0 radical (unpaired) electrons. The van der Waals surface area contributed by atoms with Gasteiger partial charge < -0.3 is 70.2 Å². The van der Waals surface area contributed by atoms with Crippen molar-refractivity contribution in [2.24, 2.45) is 47.3 Å². The van der Waals surface area contributed by atoms with Crippen LogP contribution in [-0.4, -0.2) is 214 Å². The van der Waals surface area contributed by atoms with Crippen molar-refractivity contribution in [2.75, 3.05) is 59.4 Å². The Hall–Kier alpha value is -11.5. The molecule has 12 atom stereocenters. The number of Topliss-reactive ketones (excluding diaryl/α,β-unsaturated/α-hetero) is 2. The number of likely N-dealkylation sites (N-methyl/N-ethyl adjacent to an activating group) is 4. The lowest BCUT2D eigenvalue weighted by atomic mass is 9.83. The average Bonchev–Trinajstić information content (AvgIpc) is 0.906. The molecule has 2 saturated heterocycles. The van der Waals surface area contributed by atoms with Crippen molar-refractivity contribution < 1.29 is 85.8 Å². The summed E-state index contributed by atoms with van der Waals surface area (Å²) in [5.74, 6) is -14.7. The smallest absolute Gasteiger partial charge is 0.413 e. The van der Waals surface area contributed by atoms with Crippen molar-refractivity contribution in [3.8, 4) is 11.5 Å². The van der Waals surface area contributed by atoms with E-state index in [4.69, 9.17) is 24.6 Å². The molecule has 0 bridgehead atoms. The zero-order chi connectivity index (χ0) is 82.5. The summed E-state index contributed by atoms with van der Waals surface area (Å²) in [4.78, 5) is 228. The molecule has 600 valence electrons. The van der Waals surface area contributed by atoms with Gasteiger partial charge in [-0.25, -0.2) is 24.4 Å². The number of anilines is 2. The summed E-state index contributed by atoms with van der Waals surface area (Å²) in [6.07, 6.45) is -1.27. The molecule has 32 nitrogen and oxygen atoms in total. The number of benzene rings is 4. The molecule has 112 heavy (non-hydrogen) atoms. The van der Waals surface area contributed by atoms with E-state index in [-0.39, 0.29) is 45.4 Å². The van der Waals surface area contributed by atoms with Crippen LogP contribution in [-0.2, 0) is 62.2 Å². The molecule has 6 aliphatic rings. The van der Waals surface area contributed by atoms with Crippen molar-refractivity contribution in [3.05, 3.63) is 104 Å². The molecule has 3 aromatic carbocycles. The van der Waals surface area contributed by atoms with Crippen molar-refractivity contribution in [2.45, 2.75) is 170 Å². The number of hydrogen-bond donors (Lipinski definition) is 7. The number of esters is 2. The van der Waals surface area contributed by atoms with Crippen molar-refractivity contribution in [3.63, 3.8) is 0 Å². The molecule has 10 rings (SSSR count). The Labute approximate surface area is 647 Å². The fourth-order valence-electron chi connectivity index (χ4n) is 15.3. The van der Waals surface area contributed by atoms with Gasteiger partial charge in [-0.05, 0) is 107 Å². The number of nitrogens with two attached hydrogens (primary N) is 1. The zero-order valence-electron chi connectivity index (χ0n) is 66.2. The van der Waals surface area contributed by atoms with E-state index in [0.717, 1.165) is 9.80 Å². The molecule has 4 fully saturated rings. The molecule has 32 heteroatoms. The maximum absolute atomic E-state index is 15.2. The number of aryl methyl sites for hydroxylation is 1. The Morgan fingerprint density at radius 2 is 1.08 bits per heavy atom. The second-order valence-electron chi connectivity index (χ2n) is 30.9. The highest BCUT2D eigenvalue weighted by molar-refractivity contribution is 6.12. The zero-order valence-corrected chi connectivity index (χ0v) is 66.2. The summed E-state index contributed by atoms with van der Waals surface area (Å²) in [5.41, 5.74) is 6.15. The third kappa shape index (κ3) is 17.9. The summed E-state index contributed by atoms with van der Waals surface area (Å²) < 4.78 is 22.8. The normalized spacial score (nSPS) is 24.4. The van der Waals surface area contributed by atoms with Gasteiger partial charge in [0.05, 0.1) is 60.1 Å². The molecule has 9 amide bonds. The van der Waals surface area contributed by atoms with Gasteiger partial charge >= 0.3 is 18.0 Å². The number of amides is 9. The Morgan fingerprint density at radius 3 is 1.55 bits per heavy atom. The highest BCUT2D eigenvalue weighted by atomic mass is 16.6. The highest BCUT2D eigenvalue weighted by Gasteiger charge is 2.48. The monoisotopic (exact) mass is 1550 g/mol. The molecule has 4 aromatic rings. The van der Waals surface area contributed by atoms with Gasteiger partial charge in [0.15, 0.2) is 28.7 Å². The lowest BCUT2D eigenvalue weighted by Gasteiger charge is -2.35. The molecule has 1 aromatic heterocycles. The van der Waals surface area contributed by atoms with E-state index >= 15 is 9.59 Å². The number of carbonyl (C=O) groups excluding carboxylic acids is 14. The molecule has 3 aliphatic carbocycles. The minimum absolute atomic E-state index is 0.0668. The molecule has 12 unspecified atom stereocenters. The summed E-state index contributed by atoms with van der Waals surface area (Å²) in [6.45, 7) is 18.3. The number of carbonyl (C=O) groups is 14. The highest BCUT2D eigenvalue weighted by Crippen LogP contribution is 2.39. The van der Waals surface area contributed by atoms with E-state index in [1.807, 2.05) is 18.2 Å². The molecule has 8 N–H and O–H groups in total. The third-order valence-electron chi connectivity index (χ3n) is 21.5. The number of aromatic nitrogens is 3. The van der Waals surface area contributed by atoms with Crippen molar-refractivity contribution in [1.29, 1.82) is 0 Å². The number of nitrogens with one attached hydrogen (secondary N) is 6. The van der Waals surface area contributed by atoms with Gasteiger partial charge in [0, 0.05) is 68.6 Å². The van der Waals surface area contributed by atoms with Crippen molar-refractivity contribution in [1.82, 2.24) is 55.8 Å². The van der Waals surface area contributed by atoms with E-state index in [1.165, 1.54) is 78.0 Å². The predicted octanol–water partition coefficient (Wildman–Crippen LogP) is 5.69. The topological polar surface area (TPSA) is 438 Å². The van der Waals surface area contributed by atoms with Crippen LogP contribution in [0, 0.1) is 61.2 Å². The number of cyclic esters (lactones) is 2. The van der Waals surface area contributed by atoms with Gasteiger partial charge in [-0.2, -0.15) is 0 Å². The fraction of sp³-hybridized carbons (Fsp3) is 0.512. The summed E-state index contributed by atoms with van der Waals surface area (Å²) in [7, 11) is 6.94. The van der Waals surface area contributed by atoms with Crippen LogP contribution in [0.4, 0.5) is 16.4 Å². The van der Waals surface area contributed by atoms with E-state index in [1.54, 1.807) is 92.6 Å². The number of H-pyrrole nitrogens is 1. The number of ether oxygens (including phenoxy) is 3. The first-order valence-electron chi connectivity index (χ1n) is 37.6. The minimum Gasteiger partial charge on any atom is -0.458 e. The van der Waals surface area contributed by atoms with Crippen LogP contribution < -0.4 is 37.7 Å². The second kappa shape index (κ2) is 35.3. The summed E-state index contributed by atoms with van der Waals surface area (Å²) in [6, 6.07) is 8.46. The number of aromatic amines is 1. The van der Waals surface area contributed by atoms with Gasteiger partial charge in [0.2, 0.25) is 46.8 Å². The lowest BCUT2D eigenvalue weighted by molar-refractivity contribution is -0.163. The second-order valence-corrected chi connectivity index (χ2v) is 30.9. The largest absolute Gasteiger partial charge is 0.458 e. The van der Waals surface area contributed by atoms with Crippen LogP contribution in [0.1, 0.15) is 156 Å². The van der Waals surface area contributed by atoms with Crippen LogP contribution in [0.5, 0.6) is 0 Å². The van der Waals surface area contributed by atoms with Gasteiger partial charge in [0.25, 0.3) is 11.8 Å². The first-order valence-corrected chi connectivity index (χ1v) is 37.6. The number of imidazole rings is 1. The number of fused-ring (bicyclic) bond motifs is 5. The minimum atomic E-state index is -1.86. The van der Waals surface area contributed by atoms with Crippen LogP contribution in [0.3, 0.4) is 0 Å². The number of ketones is 3. The molecule has 3 aliphatic heterocycles. The molecule has 4 heterocycles. The number of rotatable bonds is 11. The van der Waals surface area contributed by atoms with Crippen LogP contribution in [0.2, 0.25) is 0 Å². The van der Waals surface area contributed by atoms with Gasteiger partial charge in [-0.15, -0.1) is 0 Å². The Kier molecular flexibility index (Phi) is 26.6. The van der Waals surface area contributed by atoms with E-state index in [2.05, 4.69) is 41.3 Å². The van der Waals surface area contributed by atoms with E-state index in [9.17, 15) is 62.3 Å². The maximum atomic E-state index is 15.2. The lowest BCUT2D eigenvalue weighted by Crippen LogP contribution is -2.59. The van der Waals surface area contributed by atoms with E-state index in [0.29, 0.717) is 66.2 Å². The molecular weight excluding hydrogens is 1450 g/mol. The number of hydrogen-bond acceptors (Lipinski definition) is 22. The van der Waals surface area contributed by atoms with Gasteiger partial charge in [-0.3, -0.25) is 62.9 Å². The van der Waals surface area contributed by atoms with Gasteiger partial charge in [-0.1, -0.05) is 105 Å². The number of nitrogen functional groups attached to an aromatic ring is 1. The first-order chi connectivity index (χ1) is 52.8. The van der Waals surface area contributed by atoms with Crippen molar-refractivity contribution >= 4 is 116 Å². The van der Waals surface area contributed by atoms with Crippen LogP contribution in [0.25, 0.3) is 33.6 Å². The standard InChI is InChI=1S/C64H88N10O16.C16H13N3O3/c1-27(2)44-53(78)35-19-17-21-37(35)61(84)71(13)25-40(75)73(15)50(29(5)6)63(86)88-33(11)46(59(82)67-44)69-57(80)39-24-23-31(9)55-48(39)66-49-42(43(65)52(77)32(10)56(49)90-55)58(81)70-47-34(12)89-64(87)51(30(7)8)74(16)41(76)26-72(14)62(85)38-22-18-20-36(38)54(79)45(28(3)4)68-60(47)83;1-22-16(21)19-15-17-12-8-7-11(9-13(12)18-15)14(20)10-5-3-2-4-6-10/h23-24,27-30,33-38,44-47,50-51H,17-22,25-26,65H2,1-16H3,(H,67,82)(H,68,83)(H,69,80)(H,70,81);2-9H,1H3,(H2,17,18,19,21). The molecule has 2 saturated carbocycles. The summed E-state index contributed by atoms with van der Waals surface area (Å²) >= 11 is 0. The summed E-state index contributed by atoms with van der Waals surface area (Å²) in [5, 5.41) is 13.3.